The van der Waals surface area contributed by atoms with Gasteiger partial charge >= 0.3 is 5.97 Å². The van der Waals surface area contributed by atoms with E-state index in [1.807, 2.05) is 116 Å². The highest BCUT2D eigenvalue weighted by molar-refractivity contribution is 5.97. The zero-order chi connectivity index (χ0) is 57.8. The van der Waals surface area contributed by atoms with Crippen LogP contribution in [-0.4, -0.2) is 136 Å². The number of rotatable bonds is 30. The number of hydrogen-bond donors (Lipinski definition) is 8. The maximum atomic E-state index is 14.6. The van der Waals surface area contributed by atoms with Gasteiger partial charge in [0.05, 0.1) is 6.04 Å². The molecule has 19 heteroatoms. The first kappa shape index (κ1) is 64.2. The van der Waals surface area contributed by atoms with Crippen molar-refractivity contribution in [2.24, 2.45) is 41.2 Å². The Labute approximate surface area is 462 Å². The van der Waals surface area contributed by atoms with Crippen LogP contribution in [-0.2, 0) is 56.0 Å². The fraction of sp³-hybridized carbons (Fsp3) is 0.644. The van der Waals surface area contributed by atoms with Crippen LogP contribution >= 0.6 is 0 Å². The van der Waals surface area contributed by atoms with Crippen LogP contribution in [0, 0.1) is 35.5 Å². The van der Waals surface area contributed by atoms with E-state index in [2.05, 4.69) is 31.9 Å². The molecule has 2 aliphatic heterocycles. The van der Waals surface area contributed by atoms with Gasteiger partial charge in [0.15, 0.2) is 0 Å². The first-order valence-electron chi connectivity index (χ1n) is 28.4. The van der Waals surface area contributed by atoms with Gasteiger partial charge in [0.2, 0.25) is 47.3 Å². The number of carboxylic acid groups (broad SMARTS) is 1. The van der Waals surface area contributed by atoms with Crippen LogP contribution in [0.4, 0.5) is 0 Å². The van der Waals surface area contributed by atoms with Gasteiger partial charge in [-0.2, -0.15) is 0 Å². The Hall–Kier alpha value is -6.37. The third kappa shape index (κ3) is 19.2. The Morgan fingerprint density at radius 1 is 0.590 bits per heavy atom. The summed E-state index contributed by atoms with van der Waals surface area (Å²) >= 11 is 0. The van der Waals surface area contributed by atoms with Gasteiger partial charge in [-0.15, -0.1) is 0 Å². The lowest BCUT2D eigenvalue weighted by Gasteiger charge is -2.34. The third-order valence-corrected chi connectivity index (χ3v) is 15.2. The van der Waals surface area contributed by atoms with E-state index in [4.69, 9.17) is 5.73 Å². The fourth-order valence-electron chi connectivity index (χ4n) is 10.2. The van der Waals surface area contributed by atoms with Crippen LogP contribution in [0.1, 0.15) is 138 Å². The summed E-state index contributed by atoms with van der Waals surface area (Å²) in [6, 6.07) is 10.7. The van der Waals surface area contributed by atoms with Crippen LogP contribution < -0.4 is 37.6 Å². The van der Waals surface area contributed by atoms with E-state index in [-0.39, 0.29) is 68.4 Å². The van der Waals surface area contributed by atoms with Crippen LogP contribution in [0.15, 0.2) is 60.7 Å². The zero-order valence-corrected chi connectivity index (χ0v) is 47.8. The summed E-state index contributed by atoms with van der Waals surface area (Å²) in [5.41, 5.74) is 7.90. The number of carbonyl (C=O) groups excluding carboxylic acids is 8. The summed E-state index contributed by atoms with van der Waals surface area (Å²) < 4.78 is 0. The molecule has 0 saturated carbocycles. The Kier molecular flexibility index (Phi) is 25.7. The molecule has 0 aromatic heterocycles. The van der Waals surface area contributed by atoms with E-state index in [1.54, 1.807) is 13.8 Å². The minimum Gasteiger partial charge on any atom is -0.480 e. The van der Waals surface area contributed by atoms with Gasteiger partial charge < -0.3 is 52.5 Å². The quantitative estimate of drug-likeness (QED) is 0.0548. The van der Waals surface area contributed by atoms with E-state index in [1.165, 1.54) is 9.80 Å². The lowest BCUT2D eigenvalue weighted by molar-refractivity contribution is -0.148. The number of nitrogens with two attached hydrogens (primary N) is 1. The summed E-state index contributed by atoms with van der Waals surface area (Å²) in [5.74, 6) is -6.35. The molecule has 432 valence electrons. The molecule has 4 rings (SSSR count). The molecule has 2 aromatic rings. The number of carboxylic acids is 1. The Bertz CT molecular complexity index is 2320. The van der Waals surface area contributed by atoms with Crippen LogP contribution in [0.5, 0.6) is 0 Å². The lowest BCUT2D eigenvalue weighted by atomic mass is 9.94. The van der Waals surface area contributed by atoms with Gasteiger partial charge in [0, 0.05) is 32.5 Å². The number of hydrogen-bond acceptors (Lipinski definition) is 10. The Morgan fingerprint density at radius 2 is 1.10 bits per heavy atom. The molecule has 19 nitrogen and oxygen atoms in total. The van der Waals surface area contributed by atoms with Crippen molar-refractivity contribution in [2.75, 3.05) is 19.6 Å². The van der Waals surface area contributed by atoms with E-state index >= 15 is 0 Å². The molecule has 0 unspecified atom stereocenters. The minimum absolute atomic E-state index is 0.0158. The molecule has 2 heterocycles. The highest BCUT2D eigenvalue weighted by atomic mass is 16.4. The molecule has 0 spiro atoms. The van der Waals surface area contributed by atoms with E-state index in [0.29, 0.717) is 51.5 Å². The number of aliphatic carboxylic acids is 1. The summed E-state index contributed by atoms with van der Waals surface area (Å²) in [6.45, 7) is 19.3. The van der Waals surface area contributed by atoms with Crippen molar-refractivity contribution in [3.8, 4) is 0 Å². The highest BCUT2D eigenvalue weighted by Gasteiger charge is 2.45. The van der Waals surface area contributed by atoms with Crippen LogP contribution in [0.3, 0.4) is 0 Å². The number of likely N-dealkylation sites (tertiary alicyclic amines) is 2. The average molecular weight is 1090 g/mol. The molecule has 0 radical (unpaired) electrons. The van der Waals surface area contributed by atoms with Crippen molar-refractivity contribution >= 4 is 53.2 Å². The molecule has 9 N–H and O–H groups in total. The van der Waals surface area contributed by atoms with Gasteiger partial charge in [0.1, 0.15) is 42.3 Å². The van der Waals surface area contributed by atoms with Gasteiger partial charge in [-0.05, 0) is 91.6 Å². The Balaban J connectivity index is 1.47. The van der Waals surface area contributed by atoms with Gasteiger partial charge in [-0.1, -0.05) is 143 Å². The number of amides is 8. The maximum Gasteiger partial charge on any atom is 0.326 e. The molecular weight excluding hydrogens is 995 g/mol. The summed E-state index contributed by atoms with van der Waals surface area (Å²) in [7, 11) is 0. The molecule has 2 aliphatic rings. The summed E-state index contributed by atoms with van der Waals surface area (Å²) in [6.07, 6.45) is 3.93. The molecule has 78 heavy (non-hydrogen) atoms. The second-order valence-corrected chi connectivity index (χ2v) is 22.9. The van der Waals surface area contributed by atoms with Gasteiger partial charge in [-0.25, -0.2) is 4.79 Å². The third-order valence-electron chi connectivity index (χ3n) is 15.2. The van der Waals surface area contributed by atoms with E-state index in [9.17, 15) is 48.3 Å². The Morgan fingerprint density at radius 3 is 1.65 bits per heavy atom. The standard InChI is InChI=1S/C59H91N9O10/c1-11-38(9)49(60)55(73)66-51(39(10)12-2)56(74)63-43(29-35(3)4)53(71)65-50(37(7)8)58(76)68-28-20-26-47(68)57(75)67-27-19-25-46(67)54(72)61-34-42(31-40-21-15-13-16-22-40)33-48(69)62-44(32-41-23-17-14-18-24-41)52(70)64-45(59(77)78)30-36(5)6/h13-18,21-24,35-39,42-47,49-51H,11-12,19-20,25-34,60H2,1-10H3,(H,61,72)(H,62,69)(H,63,74)(H,64,70)(H,65,71)(H,66,73)(H,77,78)/t38-,39-,42-,43-,44-,45-,46-,47-,49-,50-,51-/m0/s1. The van der Waals surface area contributed by atoms with Crippen LogP contribution in [0.25, 0.3) is 0 Å². The zero-order valence-electron chi connectivity index (χ0n) is 47.8. The van der Waals surface area contributed by atoms with Crippen molar-refractivity contribution in [2.45, 2.75) is 188 Å². The largest absolute Gasteiger partial charge is 0.480 e. The van der Waals surface area contributed by atoms with Crippen molar-refractivity contribution < 1.29 is 48.3 Å². The predicted octanol–water partition coefficient (Wildman–Crippen LogP) is 4.25. The molecule has 8 amide bonds. The smallest absolute Gasteiger partial charge is 0.326 e. The predicted molar refractivity (Wildman–Crippen MR) is 299 cm³/mol. The number of nitrogens with one attached hydrogen (secondary N) is 6. The first-order valence-corrected chi connectivity index (χ1v) is 28.4. The molecule has 2 fully saturated rings. The number of carbonyl (C=O) groups is 9. The normalized spacial score (nSPS) is 18.9. The van der Waals surface area contributed by atoms with Crippen molar-refractivity contribution in [3.05, 3.63) is 71.8 Å². The van der Waals surface area contributed by atoms with Crippen molar-refractivity contribution in [1.82, 2.24) is 41.7 Å². The molecule has 0 bridgehead atoms. The second-order valence-electron chi connectivity index (χ2n) is 22.9. The second kappa shape index (κ2) is 31.3. The van der Waals surface area contributed by atoms with E-state index < -0.39 is 107 Å². The topological polar surface area (TPSA) is 279 Å². The van der Waals surface area contributed by atoms with Crippen LogP contribution in [0.2, 0.25) is 0 Å². The van der Waals surface area contributed by atoms with Crippen molar-refractivity contribution in [1.29, 1.82) is 0 Å². The average Bonchev–Trinajstić information content (AvgIpc) is 4.13. The molecule has 0 aliphatic carbocycles. The maximum absolute atomic E-state index is 14.6. The number of nitrogens with zero attached hydrogens (tertiary/aromatic N) is 2. The minimum atomic E-state index is -1.17. The van der Waals surface area contributed by atoms with E-state index in [0.717, 1.165) is 11.1 Å². The lowest BCUT2D eigenvalue weighted by Crippen LogP contribution is -2.61. The molecule has 11 atom stereocenters. The van der Waals surface area contributed by atoms with Gasteiger partial charge in [0.25, 0.3) is 0 Å². The molecular formula is C59H91N9O10. The summed E-state index contributed by atoms with van der Waals surface area (Å²) in [4.78, 5) is 128. The summed E-state index contributed by atoms with van der Waals surface area (Å²) in [5, 5.41) is 27.0. The number of benzene rings is 2. The van der Waals surface area contributed by atoms with Gasteiger partial charge in [-0.3, -0.25) is 38.4 Å². The monoisotopic (exact) mass is 1090 g/mol. The van der Waals surface area contributed by atoms with Crippen molar-refractivity contribution in [3.63, 3.8) is 0 Å². The highest BCUT2D eigenvalue weighted by Crippen LogP contribution is 2.27. The molecule has 2 saturated heterocycles. The first-order chi connectivity index (χ1) is 36.9. The fourth-order valence-corrected chi connectivity index (χ4v) is 10.2. The SMILES string of the molecule is CC[C@H](C)[C@H](N)C(=O)N[C@H](C(=O)N[C@@H](CC(C)C)C(=O)N[C@H](C(=O)N1CCC[C@H]1C(=O)N1CCC[C@H]1C(=O)NC[C@H](CC(=O)N[C@@H](Cc1ccccc1)C(=O)N[C@@H](CC(C)C)C(=O)O)Cc1ccccc1)C(C)C)[C@@H](C)CC. The molecule has 2 aromatic carbocycles.